The molecule has 8 heteroatoms. The summed E-state index contributed by atoms with van der Waals surface area (Å²) >= 11 is 0. The molecule has 7 nitrogen and oxygen atoms in total. The second-order valence-corrected chi connectivity index (χ2v) is 8.65. The van der Waals surface area contributed by atoms with Crippen LogP contribution in [0, 0.1) is 6.92 Å². The van der Waals surface area contributed by atoms with Gasteiger partial charge in [-0.3, -0.25) is 9.10 Å². The van der Waals surface area contributed by atoms with Crippen LogP contribution in [0.25, 0.3) is 0 Å². The summed E-state index contributed by atoms with van der Waals surface area (Å²) < 4.78 is 36.2. The molecule has 0 saturated heterocycles. The first-order valence-electron chi connectivity index (χ1n) is 9.25. The lowest BCUT2D eigenvalue weighted by molar-refractivity contribution is -0.120. The molecule has 1 amide bonds. The number of carbonyl (C=O) groups is 1. The molecule has 0 fully saturated rings. The zero-order chi connectivity index (χ0) is 21.6. The Morgan fingerprint density at radius 3 is 2.21 bits per heavy atom. The highest BCUT2D eigenvalue weighted by Gasteiger charge is 2.23. The minimum atomic E-state index is -3.69. The van der Waals surface area contributed by atoms with Crippen LogP contribution in [-0.4, -0.2) is 41.3 Å². The lowest BCUT2D eigenvalue weighted by Gasteiger charge is -2.24. The predicted octanol–water partition coefficient (Wildman–Crippen LogP) is 3.05. The number of methoxy groups -OCH3 is 2. The molecular weight excluding hydrogens is 392 g/mol. The Balaban J connectivity index is 2.24. The fourth-order valence-electron chi connectivity index (χ4n) is 2.97. The van der Waals surface area contributed by atoms with E-state index in [1.807, 2.05) is 38.1 Å². The molecule has 0 unspecified atom stereocenters. The maximum atomic E-state index is 12.7. The Kier molecular flexibility index (Phi) is 7.50. The Bertz CT molecular complexity index is 942. The van der Waals surface area contributed by atoms with Crippen molar-refractivity contribution < 1.29 is 22.7 Å². The van der Waals surface area contributed by atoms with Crippen molar-refractivity contribution in [2.24, 2.45) is 0 Å². The second kappa shape index (κ2) is 9.65. The Hall–Kier alpha value is -2.74. The normalized spacial score (nSPS) is 12.2. The van der Waals surface area contributed by atoms with Crippen LogP contribution in [0.3, 0.4) is 0 Å². The van der Waals surface area contributed by atoms with E-state index in [0.29, 0.717) is 23.6 Å². The van der Waals surface area contributed by atoms with E-state index in [9.17, 15) is 13.2 Å². The van der Waals surface area contributed by atoms with Gasteiger partial charge in [0.2, 0.25) is 15.9 Å². The lowest BCUT2D eigenvalue weighted by atomic mass is 10.0. The molecular formula is C21H28N2O5S. The number of nitrogens with one attached hydrogen (secondary N) is 1. The first kappa shape index (κ1) is 22.5. The summed E-state index contributed by atoms with van der Waals surface area (Å²) in [6.45, 7) is 3.63. The number of hydrogen-bond acceptors (Lipinski definition) is 5. The van der Waals surface area contributed by atoms with Crippen molar-refractivity contribution in [1.82, 2.24) is 5.32 Å². The molecule has 0 aliphatic heterocycles. The first-order valence-corrected chi connectivity index (χ1v) is 11.1. The fraction of sp³-hybridized carbons (Fsp3) is 0.381. The second-order valence-electron chi connectivity index (χ2n) is 6.75. The lowest BCUT2D eigenvalue weighted by Crippen LogP contribution is -2.41. The largest absolute Gasteiger partial charge is 0.493 e. The van der Waals surface area contributed by atoms with Gasteiger partial charge >= 0.3 is 0 Å². The molecule has 2 aromatic rings. The van der Waals surface area contributed by atoms with Crippen LogP contribution in [-0.2, 0) is 14.8 Å². The molecule has 1 atom stereocenters. The molecule has 0 heterocycles. The van der Waals surface area contributed by atoms with Gasteiger partial charge in [0.1, 0.15) is 6.54 Å². The van der Waals surface area contributed by atoms with Gasteiger partial charge in [-0.25, -0.2) is 8.42 Å². The van der Waals surface area contributed by atoms with Crippen molar-refractivity contribution >= 4 is 21.6 Å². The minimum Gasteiger partial charge on any atom is -0.493 e. The van der Waals surface area contributed by atoms with E-state index in [1.165, 1.54) is 20.3 Å². The van der Waals surface area contributed by atoms with Gasteiger partial charge in [0, 0.05) is 6.07 Å². The number of ether oxygens (including phenoxy) is 2. The van der Waals surface area contributed by atoms with E-state index in [4.69, 9.17) is 9.47 Å². The van der Waals surface area contributed by atoms with Gasteiger partial charge in [0.25, 0.3) is 0 Å². The third-order valence-electron chi connectivity index (χ3n) is 4.57. The molecule has 2 rings (SSSR count). The maximum Gasteiger partial charge on any atom is 0.241 e. The van der Waals surface area contributed by atoms with Crippen LogP contribution >= 0.6 is 0 Å². The van der Waals surface area contributed by atoms with Gasteiger partial charge in [0.05, 0.1) is 32.2 Å². The van der Waals surface area contributed by atoms with Gasteiger partial charge in [-0.2, -0.15) is 0 Å². The van der Waals surface area contributed by atoms with E-state index in [1.54, 1.807) is 12.1 Å². The number of nitrogens with zero attached hydrogens (tertiary/aromatic N) is 1. The summed E-state index contributed by atoms with van der Waals surface area (Å²) in [5.74, 6) is 0.461. The standard InChI is InChI=1S/C21H28N2O5S/c1-6-18(16-9-7-15(2)8-10-16)22-21(24)14-23(29(5,25)26)17-11-12-19(27-3)20(13-17)28-4/h7-13,18H,6,14H2,1-5H3,(H,22,24)/t18-/m1/s1. The molecule has 0 aliphatic carbocycles. The van der Waals surface area contributed by atoms with Crippen molar-refractivity contribution in [3.8, 4) is 11.5 Å². The zero-order valence-electron chi connectivity index (χ0n) is 17.4. The zero-order valence-corrected chi connectivity index (χ0v) is 18.2. The quantitative estimate of drug-likeness (QED) is 0.674. The van der Waals surface area contributed by atoms with E-state index in [0.717, 1.165) is 21.7 Å². The van der Waals surface area contributed by atoms with E-state index in [-0.39, 0.29) is 12.6 Å². The summed E-state index contributed by atoms with van der Waals surface area (Å²) in [4.78, 5) is 12.7. The molecule has 0 aliphatic rings. The van der Waals surface area contributed by atoms with Crippen molar-refractivity contribution in [2.75, 3.05) is 31.3 Å². The third kappa shape index (κ3) is 5.87. The molecule has 29 heavy (non-hydrogen) atoms. The summed E-state index contributed by atoms with van der Waals surface area (Å²) in [7, 11) is -0.734. The SMILES string of the molecule is CC[C@@H](NC(=O)CN(c1ccc(OC)c(OC)c1)S(C)(=O)=O)c1ccc(C)cc1. The number of hydrogen-bond donors (Lipinski definition) is 1. The molecule has 0 saturated carbocycles. The third-order valence-corrected chi connectivity index (χ3v) is 5.71. The highest BCUT2D eigenvalue weighted by Crippen LogP contribution is 2.32. The van der Waals surface area contributed by atoms with Crippen LogP contribution in [0.2, 0.25) is 0 Å². The molecule has 0 bridgehead atoms. The van der Waals surface area contributed by atoms with Crippen LogP contribution in [0.5, 0.6) is 11.5 Å². The van der Waals surface area contributed by atoms with Crippen molar-refractivity contribution in [3.63, 3.8) is 0 Å². The van der Waals surface area contributed by atoms with Crippen molar-refractivity contribution in [3.05, 3.63) is 53.6 Å². The number of benzene rings is 2. The first-order chi connectivity index (χ1) is 13.7. The van der Waals surface area contributed by atoms with Gasteiger partial charge in [-0.05, 0) is 31.0 Å². The van der Waals surface area contributed by atoms with Crippen LogP contribution < -0.4 is 19.1 Å². The minimum absolute atomic E-state index is 0.199. The van der Waals surface area contributed by atoms with E-state index < -0.39 is 15.9 Å². The number of rotatable bonds is 9. The average Bonchev–Trinajstić information content (AvgIpc) is 2.69. The topological polar surface area (TPSA) is 84.9 Å². The molecule has 0 aromatic heterocycles. The van der Waals surface area contributed by atoms with Crippen LogP contribution in [0.15, 0.2) is 42.5 Å². The Morgan fingerprint density at radius 2 is 1.69 bits per heavy atom. The molecule has 0 spiro atoms. The molecule has 1 N–H and O–H groups in total. The summed E-state index contributed by atoms with van der Waals surface area (Å²) in [6, 6.07) is 12.4. The van der Waals surface area contributed by atoms with E-state index >= 15 is 0 Å². The number of amides is 1. The number of aryl methyl sites for hydroxylation is 1. The van der Waals surface area contributed by atoms with E-state index in [2.05, 4.69) is 5.32 Å². The Labute approximate surface area is 172 Å². The Morgan fingerprint density at radius 1 is 1.07 bits per heavy atom. The van der Waals surface area contributed by atoms with Gasteiger partial charge in [-0.1, -0.05) is 36.8 Å². The summed E-state index contributed by atoms with van der Waals surface area (Å²) in [6.07, 6.45) is 1.75. The number of carbonyl (C=O) groups excluding carboxylic acids is 1. The number of anilines is 1. The molecule has 0 radical (unpaired) electrons. The van der Waals surface area contributed by atoms with Gasteiger partial charge in [0.15, 0.2) is 11.5 Å². The summed E-state index contributed by atoms with van der Waals surface area (Å²) in [5, 5.41) is 2.92. The highest BCUT2D eigenvalue weighted by molar-refractivity contribution is 7.92. The fourth-order valence-corrected chi connectivity index (χ4v) is 3.82. The van der Waals surface area contributed by atoms with Crippen molar-refractivity contribution in [2.45, 2.75) is 26.3 Å². The van der Waals surface area contributed by atoms with Crippen LogP contribution in [0.4, 0.5) is 5.69 Å². The smallest absolute Gasteiger partial charge is 0.241 e. The molecule has 158 valence electrons. The maximum absolute atomic E-state index is 12.7. The number of sulfonamides is 1. The predicted molar refractivity (Wildman–Crippen MR) is 114 cm³/mol. The monoisotopic (exact) mass is 420 g/mol. The molecule has 2 aromatic carbocycles. The van der Waals surface area contributed by atoms with Crippen molar-refractivity contribution in [1.29, 1.82) is 0 Å². The van der Waals surface area contributed by atoms with Crippen LogP contribution in [0.1, 0.15) is 30.5 Å². The highest BCUT2D eigenvalue weighted by atomic mass is 32.2. The average molecular weight is 421 g/mol. The summed E-state index contributed by atoms with van der Waals surface area (Å²) in [5.41, 5.74) is 2.43. The van der Waals surface area contributed by atoms with Gasteiger partial charge in [-0.15, -0.1) is 0 Å². The van der Waals surface area contributed by atoms with Gasteiger partial charge < -0.3 is 14.8 Å².